The molecule has 21 heavy (non-hydrogen) atoms. The highest BCUT2D eigenvalue weighted by Gasteiger charge is 2.19. The predicted molar refractivity (Wildman–Crippen MR) is 72.5 cm³/mol. The smallest absolute Gasteiger partial charge is 0.406 e. The van der Waals surface area contributed by atoms with Gasteiger partial charge in [-0.3, -0.25) is 10.1 Å². The normalized spacial score (nSPS) is 9.71. The Kier molecular flexibility index (Phi) is 5.06. The van der Waals surface area contributed by atoms with Crippen LogP contribution in [0.15, 0.2) is 18.2 Å². The van der Waals surface area contributed by atoms with Crippen molar-refractivity contribution >= 4 is 17.9 Å². The summed E-state index contributed by atoms with van der Waals surface area (Å²) in [4.78, 5) is 35.5. The summed E-state index contributed by atoms with van der Waals surface area (Å²) in [6.45, 7) is 0. The molecule has 9 nitrogen and oxygen atoms in total. The van der Waals surface area contributed by atoms with Crippen LogP contribution in [-0.4, -0.2) is 55.1 Å². The number of nitro benzene ring substituents is 1. The number of rotatable bonds is 3. The summed E-state index contributed by atoms with van der Waals surface area (Å²) in [5, 5.41) is 10.8. The Labute approximate surface area is 120 Å². The fraction of sp³-hybridized carbons (Fsp3) is 0.333. The molecule has 0 bridgehead atoms. The molecule has 0 N–H and O–H groups in total. The minimum atomic E-state index is -0.752. The van der Waals surface area contributed by atoms with E-state index >= 15 is 0 Å². The average Bonchev–Trinajstić information content (AvgIpc) is 2.39. The second kappa shape index (κ2) is 6.55. The monoisotopic (exact) mass is 297 g/mol. The molecule has 1 rings (SSSR count). The maximum absolute atomic E-state index is 11.5. The molecule has 1 aromatic carbocycles. The van der Waals surface area contributed by atoms with Crippen LogP contribution in [0.25, 0.3) is 0 Å². The van der Waals surface area contributed by atoms with Gasteiger partial charge in [-0.05, 0) is 6.07 Å². The van der Waals surface area contributed by atoms with Gasteiger partial charge < -0.3 is 19.3 Å². The Hall–Kier alpha value is -2.84. The number of hydrogen-bond acceptors (Lipinski definition) is 6. The molecule has 0 saturated carbocycles. The SMILES string of the molecule is CN(C)C(=O)Oc1ccc([N+](=O)[O-])cc1OC(=O)N(C)C. The van der Waals surface area contributed by atoms with E-state index in [-0.39, 0.29) is 17.2 Å². The first-order valence-corrected chi connectivity index (χ1v) is 5.79. The lowest BCUT2D eigenvalue weighted by Crippen LogP contribution is -2.27. The highest BCUT2D eigenvalue weighted by molar-refractivity contribution is 5.74. The highest BCUT2D eigenvalue weighted by atomic mass is 16.6. The minimum absolute atomic E-state index is 0.0884. The van der Waals surface area contributed by atoms with E-state index in [2.05, 4.69) is 0 Å². The minimum Gasteiger partial charge on any atom is -0.406 e. The zero-order valence-electron chi connectivity index (χ0n) is 12.0. The lowest BCUT2D eigenvalue weighted by molar-refractivity contribution is -0.384. The van der Waals surface area contributed by atoms with Crippen LogP contribution in [0.1, 0.15) is 0 Å². The number of carbonyl (C=O) groups is 2. The zero-order valence-corrected chi connectivity index (χ0v) is 12.0. The molecule has 0 unspecified atom stereocenters. The van der Waals surface area contributed by atoms with Crippen LogP contribution >= 0.6 is 0 Å². The topological polar surface area (TPSA) is 102 Å². The fourth-order valence-electron chi connectivity index (χ4n) is 1.15. The van der Waals surface area contributed by atoms with Crippen molar-refractivity contribution in [2.75, 3.05) is 28.2 Å². The van der Waals surface area contributed by atoms with Crippen LogP contribution in [0.3, 0.4) is 0 Å². The molecule has 0 spiro atoms. The summed E-state index contributed by atoms with van der Waals surface area (Å²) in [5.41, 5.74) is -0.291. The number of nitro groups is 1. The molecule has 114 valence electrons. The molecule has 0 fully saturated rings. The maximum Gasteiger partial charge on any atom is 0.414 e. The number of amides is 2. The molecule has 0 aliphatic carbocycles. The van der Waals surface area contributed by atoms with E-state index < -0.39 is 17.1 Å². The second-order valence-electron chi connectivity index (χ2n) is 4.41. The Bertz CT molecular complexity index is 570. The van der Waals surface area contributed by atoms with Gasteiger partial charge in [-0.1, -0.05) is 0 Å². The zero-order chi connectivity index (χ0) is 16.2. The average molecular weight is 297 g/mol. The molecule has 0 radical (unpaired) electrons. The summed E-state index contributed by atoms with van der Waals surface area (Å²) in [6.07, 6.45) is -1.45. The predicted octanol–water partition coefficient (Wildman–Crippen LogP) is 1.72. The van der Waals surface area contributed by atoms with Crippen LogP contribution in [0.4, 0.5) is 15.3 Å². The van der Waals surface area contributed by atoms with E-state index in [1.54, 1.807) is 0 Å². The first-order chi connectivity index (χ1) is 9.72. The Morgan fingerprint density at radius 1 is 1.00 bits per heavy atom. The molecular weight excluding hydrogens is 282 g/mol. The summed E-state index contributed by atoms with van der Waals surface area (Å²) >= 11 is 0. The summed E-state index contributed by atoms with van der Waals surface area (Å²) in [6, 6.07) is 3.35. The van der Waals surface area contributed by atoms with Crippen molar-refractivity contribution in [1.82, 2.24) is 9.80 Å². The van der Waals surface area contributed by atoms with Crippen molar-refractivity contribution in [3.63, 3.8) is 0 Å². The van der Waals surface area contributed by atoms with Gasteiger partial charge in [0, 0.05) is 34.3 Å². The lowest BCUT2D eigenvalue weighted by atomic mass is 10.3. The highest BCUT2D eigenvalue weighted by Crippen LogP contribution is 2.32. The first-order valence-electron chi connectivity index (χ1n) is 5.79. The first kappa shape index (κ1) is 16.2. The Morgan fingerprint density at radius 2 is 1.48 bits per heavy atom. The van der Waals surface area contributed by atoms with E-state index in [0.29, 0.717) is 0 Å². The maximum atomic E-state index is 11.5. The van der Waals surface area contributed by atoms with Gasteiger partial charge in [0.1, 0.15) is 0 Å². The molecule has 0 atom stereocenters. The quantitative estimate of drug-likeness (QED) is 0.621. The van der Waals surface area contributed by atoms with Crippen LogP contribution in [0, 0.1) is 10.1 Å². The van der Waals surface area contributed by atoms with Crippen molar-refractivity contribution in [3.05, 3.63) is 28.3 Å². The van der Waals surface area contributed by atoms with Gasteiger partial charge in [0.05, 0.1) is 11.0 Å². The van der Waals surface area contributed by atoms with Gasteiger partial charge in [-0.25, -0.2) is 9.59 Å². The van der Waals surface area contributed by atoms with Crippen molar-refractivity contribution < 1.29 is 24.0 Å². The van der Waals surface area contributed by atoms with Crippen molar-refractivity contribution in [1.29, 1.82) is 0 Å². The molecular formula is C12H15N3O6. The van der Waals surface area contributed by atoms with Crippen LogP contribution in [-0.2, 0) is 0 Å². The third-order valence-electron chi connectivity index (χ3n) is 2.26. The molecule has 9 heteroatoms. The number of nitrogens with zero attached hydrogens (tertiary/aromatic N) is 3. The lowest BCUT2D eigenvalue weighted by Gasteiger charge is -2.15. The van der Waals surface area contributed by atoms with Gasteiger partial charge in [0.2, 0.25) is 0 Å². The molecule has 1 aromatic rings. The van der Waals surface area contributed by atoms with Gasteiger partial charge in [0.15, 0.2) is 11.5 Å². The van der Waals surface area contributed by atoms with Gasteiger partial charge in [0.25, 0.3) is 5.69 Å². The largest absolute Gasteiger partial charge is 0.414 e. The third kappa shape index (κ3) is 4.34. The number of ether oxygens (including phenoxy) is 2. The fourth-order valence-corrected chi connectivity index (χ4v) is 1.15. The molecule has 0 saturated heterocycles. The van der Waals surface area contributed by atoms with E-state index in [4.69, 9.17) is 9.47 Å². The van der Waals surface area contributed by atoms with E-state index in [9.17, 15) is 19.7 Å². The van der Waals surface area contributed by atoms with Crippen molar-refractivity contribution in [3.8, 4) is 11.5 Å². The van der Waals surface area contributed by atoms with Crippen LogP contribution < -0.4 is 9.47 Å². The second-order valence-corrected chi connectivity index (χ2v) is 4.41. The number of carbonyl (C=O) groups excluding carboxylic acids is 2. The number of benzene rings is 1. The van der Waals surface area contributed by atoms with Gasteiger partial charge in [-0.2, -0.15) is 0 Å². The molecule has 0 aromatic heterocycles. The number of non-ortho nitro benzene ring substituents is 1. The molecule has 2 amide bonds. The van der Waals surface area contributed by atoms with E-state index in [0.717, 1.165) is 17.0 Å². The summed E-state index contributed by atoms with van der Waals surface area (Å²) in [7, 11) is 5.84. The van der Waals surface area contributed by atoms with Crippen molar-refractivity contribution in [2.45, 2.75) is 0 Å². The molecule has 0 aliphatic rings. The van der Waals surface area contributed by atoms with Gasteiger partial charge >= 0.3 is 12.2 Å². The van der Waals surface area contributed by atoms with Crippen molar-refractivity contribution in [2.24, 2.45) is 0 Å². The third-order valence-corrected chi connectivity index (χ3v) is 2.26. The van der Waals surface area contributed by atoms with E-state index in [1.807, 2.05) is 0 Å². The number of hydrogen-bond donors (Lipinski definition) is 0. The summed E-state index contributed by atoms with van der Waals surface area (Å²) < 4.78 is 9.96. The van der Waals surface area contributed by atoms with Crippen LogP contribution in [0.2, 0.25) is 0 Å². The molecule has 0 aliphatic heterocycles. The van der Waals surface area contributed by atoms with E-state index in [1.165, 1.54) is 39.2 Å². The molecule has 0 heterocycles. The summed E-state index contributed by atoms with van der Waals surface area (Å²) in [5.74, 6) is -0.299. The Balaban J connectivity index is 3.13. The van der Waals surface area contributed by atoms with Crippen LogP contribution in [0.5, 0.6) is 11.5 Å². The standard InChI is InChI=1S/C12H15N3O6/c1-13(2)11(16)20-9-6-5-8(15(18)19)7-10(9)21-12(17)14(3)4/h5-7H,1-4H3. The Morgan fingerprint density at radius 3 is 1.90 bits per heavy atom. The van der Waals surface area contributed by atoms with Gasteiger partial charge in [-0.15, -0.1) is 0 Å².